The molecule has 86 valence electrons. The zero-order valence-electron chi connectivity index (χ0n) is 9.96. The second-order valence-electron chi connectivity index (χ2n) is 5.13. The van der Waals surface area contributed by atoms with Crippen LogP contribution in [0, 0.1) is 5.41 Å². The highest BCUT2D eigenvalue weighted by atomic mass is 35.5. The molecule has 0 bridgehead atoms. The summed E-state index contributed by atoms with van der Waals surface area (Å²) in [5.41, 5.74) is 1.95. The molecule has 0 spiro atoms. The minimum Gasteiger partial charge on any atom is -0.298 e. The monoisotopic (exact) mass is 236 g/mol. The standard InChI is InChI=1S/C14H17ClO/c1-14(2,3)9-12(10-16)8-11-4-6-13(15)7-5-11/h4-8,10H,9H2,1-3H3/b12-8-. The second-order valence-corrected chi connectivity index (χ2v) is 5.56. The largest absolute Gasteiger partial charge is 0.298 e. The maximum Gasteiger partial charge on any atom is 0.146 e. The van der Waals surface area contributed by atoms with Crippen LogP contribution in [0.1, 0.15) is 32.8 Å². The van der Waals surface area contributed by atoms with Crippen LogP contribution in [-0.2, 0) is 4.79 Å². The van der Waals surface area contributed by atoms with Gasteiger partial charge in [0.15, 0.2) is 0 Å². The Bertz CT molecular complexity index is 382. The number of rotatable bonds is 3. The van der Waals surface area contributed by atoms with Crippen LogP contribution in [0.2, 0.25) is 5.02 Å². The zero-order chi connectivity index (χ0) is 12.2. The third kappa shape index (κ3) is 4.63. The van der Waals surface area contributed by atoms with Gasteiger partial charge in [0.05, 0.1) is 0 Å². The van der Waals surface area contributed by atoms with Gasteiger partial charge in [-0.2, -0.15) is 0 Å². The summed E-state index contributed by atoms with van der Waals surface area (Å²) in [6, 6.07) is 7.47. The number of carbonyl (C=O) groups is 1. The van der Waals surface area contributed by atoms with Crippen LogP contribution in [0.25, 0.3) is 6.08 Å². The highest BCUT2D eigenvalue weighted by Gasteiger charge is 2.12. The summed E-state index contributed by atoms with van der Waals surface area (Å²) in [6.07, 6.45) is 3.62. The minimum absolute atomic E-state index is 0.124. The Morgan fingerprint density at radius 2 is 1.81 bits per heavy atom. The van der Waals surface area contributed by atoms with Crippen molar-refractivity contribution in [1.82, 2.24) is 0 Å². The molecule has 0 unspecified atom stereocenters. The first kappa shape index (κ1) is 13.0. The molecule has 0 saturated heterocycles. The van der Waals surface area contributed by atoms with Crippen LogP contribution >= 0.6 is 11.6 Å². The van der Waals surface area contributed by atoms with Crippen LogP contribution in [-0.4, -0.2) is 6.29 Å². The number of halogens is 1. The molecule has 0 heterocycles. The molecule has 0 aliphatic heterocycles. The van der Waals surface area contributed by atoms with Gasteiger partial charge in [-0.3, -0.25) is 4.79 Å². The third-order valence-electron chi connectivity index (χ3n) is 2.11. The van der Waals surface area contributed by atoms with E-state index in [1.54, 1.807) is 0 Å². The highest BCUT2D eigenvalue weighted by Crippen LogP contribution is 2.24. The summed E-state index contributed by atoms with van der Waals surface area (Å²) >= 11 is 5.80. The molecule has 0 radical (unpaired) electrons. The molecule has 1 aromatic rings. The highest BCUT2D eigenvalue weighted by molar-refractivity contribution is 6.30. The van der Waals surface area contributed by atoms with E-state index in [0.29, 0.717) is 5.02 Å². The molecule has 0 aliphatic carbocycles. The summed E-state index contributed by atoms with van der Waals surface area (Å²) in [5.74, 6) is 0. The Labute approximate surface area is 102 Å². The lowest BCUT2D eigenvalue weighted by atomic mass is 9.88. The number of hydrogen-bond acceptors (Lipinski definition) is 1. The molecule has 0 aromatic heterocycles. The van der Waals surface area contributed by atoms with E-state index in [1.807, 2.05) is 30.3 Å². The smallest absolute Gasteiger partial charge is 0.146 e. The number of carbonyl (C=O) groups excluding carboxylic acids is 1. The van der Waals surface area contributed by atoms with Crippen molar-refractivity contribution in [3.05, 3.63) is 40.4 Å². The van der Waals surface area contributed by atoms with Crippen molar-refractivity contribution in [3.8, 4) is 0 Å². The minimum atomic E-state index is 0.124. The van der Waals surface area contributed by atoms with Crippen molar-refractivity contribution in [1.29, 1.82) is 0 Å². The van der Waals surface area contributed by atoms with E-state index in [4.69, 9.17) is 11.6 Å². The van der Waals surface area contributed by atoms with E-state index in [-0.39, 0.29) is 5.41 Å². The molecule has 1 rings (SSSR count). The molecule has 0 aliphatic rings. The summed E-state index contributed by atoms with van der Waals surface area (Å²) in [5, 5.41) is 0.709. The lowest BCUT2D eigenvalue weighted by molar-refractivity contribution is -0.105. The predicted octanol–water partition coefficient (Wildman–Crippen LogP) is 4.36. The molecule has 0 fully saturated rings. The van der Waals surface area contributed by atoms with Crippen molar-refractivity contribution in [2.45, 2.75) is 27.2 Å². The van der Waals surface area contributed by atoms with Crippen molar-refractivity contribution in [3.63, 3.8) is 0 Å². The fourth-order valence-corrected chi connectivity index (χ4v) is 1.64. The normalized spacial score (nSPS) is 12.6. The van der Waals surface area contributed by atoms with Crippen molar-refractivity contribution in [2.24, 2.45) is 5.41 Å². The van der Waals surface area contributed by atoms with Crippen LogP contribution in [0.15, 0.2) is 29.8 Å². The molecule has 16 heavy (non-hydrogen) atoms. The van der Waals surface area contributed by atoms with Gasteiger partial charge in [0.2, 0.25) is 0 Å². The molecule has 1 nitrogen and oxygen atoms in total. The molecule has 0 N–H and O–H groups in total. The summed E-state index contributed by atoms with van der Waals surface area (Å²) in [7, 11) is 0. The van der Waals surface area contributed by atoms with E-state index < -0.39 is 0 Å². The van der Waals surface area contributed by atoms with Gasteiger partial charge in [0.25, 0.3) is 0 Å². The summed E-state index contributed by atoms with van der Waals surface area (Å²) in [6.45, 7) is 6.35. The number of benzene rings is 1. The molecular weight excluding hydrogens is 220 g/mol. The maximum atomic E-state index is 11.0. The van der Waals surface area contributed by atoms with E-state index in [2.05, 4.69) is 20.8 Å². The topological polar surface area (TPSA) is 17.1 Å². The van der Waals surface area contributed by atoms with Gasteiger partial charge in [0.1, 0.15) is 6.29 Å². The van der Waals surface area contributed by atoms with E-state index >= 15 is 0 Å². The van der Waals surface area contributed by atoms with Gasteiger partial charge < -0.3 is 0 Å². The fourth-order valence-electron chi connectivity index (χ4n) is 1.51. The van der Waals surface area contributed by atoms with Crippen molar-refractivity contribution < 1.29 is 4.79 Å². The first-order valence-electron chi connectivity index (χ1n) is 5.32. The summed E-state index contributed by atoms with van der Waals surface area (Å²) < 4.78 is 0. The molecule has 0 atom stereocenters. The molecule has 0 amide bonds. The van der Waals surface area contributed by atoms with E-state index in [1.165, 1.54) is 0 Å². The molecule has 2 heteroatoms. The van der Waals surface area contributed by atoms with Gasteiger partial charge in [0, 0.05) is 5.02 Å². The van der Waals surface area contributed by atoms with Crippen LogP contribution in [0.4, 0.5) is 0 Å². The van der Waals surface area contributed by atoms with Crippen LogP contribution < -0.4 is 0 Å². The first-order valence-corrected chi connectivity index (χ1v) is 5.70. The van der Waals surface area contributed by atoms with Crippen LogP contribution in [0.3, 0.4) is 0 Å². The van der Waals surface area contributed by atoms with Crippen molar-refractivity contribution in [2.75, 3.05) is 0 Å². The SMILES string of the molecule is CC(C)(C)C/C(C=O)=C/c1ccc(Cl)cc1. The quantitative estimate of drug-likeness (QED) is 0.563. The first-order chi connectivity index (χ1) is 7.40. The number of hydrogen-bond donors (Lipinski definition) is 0. The lowest BCUT2D eigenvalue weighted by Crippen LogP contribution is -2.06. The third-order valence-corrected chi connectivity index (χ3v) is 2.36. The molecular formula is C14H17ClO. The van der Waals surface area contributed by atoms with Gasteiger partial charge in [-0.1, -0.05) is 44.5 Å². The Morgan fingerprint density at radius 1 is 1.25 bits per heavy atom. The number of aldehydes is 1. The predicted molar refractivity (Wildman–Crippen MR) is 69.6 cm³/mol. The Balaban J connectivity index is 2.87. The van der Waals surface area contributed by atoms with Gasteiger partial charge in [-0.15, -0.1) is 0 Å². The Kier molecular flexibility index (Phi) is 4.31. The maximum absolute atomic E-state index is 11.0. The average Bonchev–Trinajstić information content (AvgIpc) is 2.18. The molecule has 0 saturated carbocycles. The average molecular weight is 237 g/mol. The van der Waals surface area contributed by atoms with E-state index in [0.717, 1.165) is 23.8 Å². The number of allylic oxidation sites excluding steroid dienone is 1. The summed E-state index contributed by atoms with van der Waals surface area (Å²) in [4.78, 5) is 11.0. The van der Waals surface area contributed by atoms with Gasteiger partial charge in [-0.25, -0.2) is 0 Å². The Hall–Kier alpha value is -1.08. The zero-order valence-corrected chi connectivity index (χ0v) is 10.7. The van der Waals surface area contributed by atoms with E-state index in [9.17, 15) is 4.79 Å². The Morgan fingerprint density at radius 3 is 2.25 bits per heavy atom. The van der Waals surface area contributed by atoms with Crippen molar-refractivity contribution >= 4 is 24.0 Å². The second kappa shape index (κ2) is 5.31. The van der Waals surface area contributed by atoms with Crippen LogP contribution in [0.5, 0.6) is 0 Å². The lowest BCUT2D eigenvalue weighted by Gasteiger charge is -2.17. The molecule has 1 aromatic carbocycles. The van der Waals surface area contributed by atoms with Gasteiger partial charge >= 0.3 is 0 Å². The fraction of sp³-hybridized carbons (Fsp3) is 0.357. The van der Waals surface area contributed by atoms with Gasteiger partial charge in [-0.05, 0) is 41.2 Å².